The first-order valence-corrected chi connectivity index (χ1v) is 12.7. The summed E-state index contributed by atoms with van der Waals surface area (Å²) >= 11 is 0. The molecule has 11 nitrogen and oxygen atoms in total. The third kappa shape index (κ3) is 5.42. The molecule has 1 saturated heterocycles. The second kappa shape index (κ2) is 10.9. The van der Waals surface area contributed by atoms with Gasteiger partial charge in [-0.25, -0.2) is 9.78 Å². The highest BCUT2D eigenvalue weighted by Crippen LogP contribution is 2.35. The molecule has 0 spiro atoms. The molecule has 3 N–H and O–H groups in total. The molecular formula is C28H31N7O4. The molecule has 1 aromatic heterocycles. The number of nitrogens with one attached hydrogen (secondary N) is 2. The number of anilines is 6. The molecule has 5 rings (SSSR count). The van der Waals surface area contributed by atoms with E-state index >= 15 is 0 Å². The molecule has 0 saturated carbocycles. The van der Waals surface area contributed by atoms with Gasteiger partial charge in [-0.3, -0.25) is 14.6 Å². The number of hydrogen-bond donors (Lipinski definition) is 3. The van der Waals surface area contributed by atoms with Crippen LogP contribution in [0.25, 0.3) is 0 Å². The fraction of sp³-hybridized carbons (Fsp3) is 0.286. The van der Waals surface area contributed by atoms with Crippen molar-refractivity contribution in [1.29, 1.82) is 0 Å². The van der Waals surface area contributed by atoms with Crippen molar-refractivity contribution in [3.63, 3.8) is 0 Å². The minimum Gasteiger partial charge on any atom is -0.508 e. The van der Waals surface area contributed by atoms with Gasteiger partial charge in [0.05, 0.1) is 30.7 Å². The first-order chi connectivity index (χ1) is 18.9. The lowest BCUT2D eigenvalue weighted by Gasteiger charge is -2.34. The number of carbonyl (C=O) groups excluding carboxylic acids is 2. The van der Waals surface area contributed by atoms with Gasteiger partial charge in [0.2, 0.25) is 11.9 Å². The predicted molar refractivity (Wildman–Crippen MR) is 151 cm³/mol. The number of aromatic hydroxyl groups is 1. The molecular weight excluding hydrogens is 498 g/mol. The fourth-order valence-corrected chi connectivity index (χ4v) is 4.81. The van der Waals surface area contributed by atoms with Crippen LogP contribution in [0.5, 0.6) is 11.5 Å². The lowest BCUT2D eigenvalue weighted by Crippen LogP contribution is -2.46. The van der Waals surface area contributed by atoms with E-state index in [4.69, 9.17) is 4.74 Å². The standard InChI is InChI=1S/C28H31N7O4/c1-4-25(37)30-24-14-19(34-10-6-5-7-11-34)8-9-23(24)31-27-29-16-18-17-35(28(38)33(2)26(18)32-27)20-12-21(36)15-22(13-20)39-3/h4,8-9,12-16,36H,1,5-7,10-11,17H2,2-3H3,(H,30,37)(H,29,31,32). The highest BCUT2D eigenvalue weighted by molar-refractivity contribution is 6.05. The fourth-order valence-electron chi connectivity index (χ4n) is 4.81. The van der Waals surface area contributed by atoms with E-state index in [1.54, 1.807) is 19.3 Å². The number of carbonyl (C=O) groups is 2. The van der Waals surface area contributed by atoms with Gasteiger partial charge in [-0.05, 0) is 43.5 Å². The molecule has 2 aliphatic heterocycles. The highest BCUT2D eigenvalue weighted by Gasteiger charge is 2.31. The first-order valence-electron chi connectivity index (χ1n) is 12.7. The molecule has 3 aromatic rings. The van der Waals surface area contributed by atoms with Crippen LogP contribution in [-0.4, -0.2) is 54.3 Å². The summed E-state index contributed by atoms with van der Waals surface area (Å²) in [7, 11) is 3.13. The number of nitrogens with zero attached hydrogens (tertiary/aromatic N) is 5. The molecule has 3 heterocycles. The van der Waals surface area contributed by atoms with Gasteiger partial charge >= 0.3 is 6.03 Å². The van der Waals surface area contributed by atoms with Gasteiger partial charge in [0.15, 0.2) is 0 Å². The summed E-state index contributed by atoms with van der Waals surface area (Å²) in [4.78, 5) is 39.8. The van der Waals surface area contributed by atoms with Gasteiger partial charge in [0.1, 0.15) is 17.3 Å². The summed E-state index contributed by atoms with van der Waals surface area (Å²) in [6, 6.07) is 10.2. The zero-order valence-corrected chi connectivity index (χ0v) is 22.0. The van der Waals surface area contributed by atoms with Crippen LogP contribution in [0, 0.1) is 0 Å². The number of piperidine rings is 1. The zero-order valence-electron chi connectivity index (χ0n) is 22.0. The summed E-state index contributed by atoms with van der Waals surface area (Å²) in [5.41, 5.74) is 3.44. The number of rotatable bonds is 7. The van der Waals surface area contributed by atoms with Crippen molar-refractivity contribution in [3.8, 4) is 11.5 Å². The quantitative estimate of drug-likeness (QED) is 0.379. The highest BCUT2D eigenvalue weighted by atomic mass is 16.5. The van der Waals surface area contributed by atoms with E-state index in [1.165, 1.54) is 41.5 Å². The van der Waals surface area contributed by atoms with E-state index in [9.17, 15) is 14.7 Å². The minimum absolute atomic E-state index is 0.00736. The van der Waals surface area contributed by atoms with Gasteiger partial charge < -0.3 is 25.4 Å². The molecule has 1 fully saturated rings. The third-order valence-electron chi connectivity index (χ3n) is 6.84. The van der Waals surface area contributed by atoms with Crippen LogP contribution in [-0.2, 0) is 11.3 Å². The Morgan fingerprint density at radius 1 is 1.10 bits per heavy atom. The summed E-state index contributed by atoms with van der Waals surface area (Å²) in [5, 5.41) is 16.1. The average molecular weight is 530 g/mol. The second-order valence-electron chi connectivity index (χ2n) is 9.46. The minimum atomic E-state index is -0.325. The van der Waals surface area contributed by atoms with Crippen LogP contribution in [0.1, 0.15) is 24.8 Å². The third-order valence-corrected chi connectivity index (χ3v) is 6.84. The summed E-state index contributed by atoms with van der Waals surface area (Å²) in [6.07, 6.45) is 6.38. The number of urea groups is 1. The number of methoxy groups -OCH3 is 1. The van der Waals surface area contributed by atoms with Crippen LogP contribution in [0.4, 0.5) is 39.3 Å². The molecule has 39 heavy (non-hydrogen) atoms. The molecule has 3 amide bonds. The molecule has 202 valence electrons. The molecule has 0 bridgehead atoms. The Bertz CT molecular complexity index is 1420. The maximum absolute atomic E-state index is 13.3. The smallest absolute Gasteiger partial charge is 0.330 e. The molecule has 2 aliphatic rings. The van der Waals surface area contributed by atoms with Gasteiger partial charge in [-0.1, -0.05) is 6.58 Å². The Morgan fingerprint density at radius 2 is 1.90 bits per heavy atom. The van der Waals surface area contributed by atoms with Crippen molar-refractivity contribution < 1.29 is 19.4 Å². The Morgan fingerprint density at radius 3 is 2.64 bits per heavy atom. The van der Waals surface area contributed by atoms with Crippen LogP contribution < -0.4 is 30.1 Å². The first kappa shape index (κ1) is 25.8. The maximum atomic E-state index is 13.3. The van der Waals surface area contributed by atoms with Crippen LogP contribution in [0.15, 0.2) is 55.3 Å². The molecule has 0 radical (unpaired) electrons. The number of hydrogen-bond acceptors (Lipinski definition) is 8. The summed E-state index contributed by atoms with van der Waals surface area (Å²) in [5.74, 6) is 0.845. The van der Waals surface area contributed by atoms with Crippen molar-refractivity contribution in [2.45, 2.75) is 25.8 Å². The van der Waals surface area contributed by atoms with Gasteiger partial charge in [-0.15, -0.1) is 0 Å². The van der Waals surface area contributed by atoms with E-state index < -0.39 is 0 Å². The second-order valence-corrected chi connectivity index (χ2v) is 9.46. The summed E-state index contributed by atoms with van der Waals surface area (Å²) < 4.78 is 5.23. The Kier molecular flexibility index (Phi) is 7.22. The van der Waals surface area contributed by atoms with Crippen molar-refractivity contribution in [3.05, 3.63) is 60.8 Å². The van der Waals surface area contributed by atoms with Crippen molar-refractivity contribution in [2.24, 2.45) is 0 Å². The predicted octanol–water partition coefficient (Wildman–Crippen LogP) is 4.63. The molecule has 0 unspecified atom stereocenters. The monoisotopic (exact) mass is 529 g/mol. The maximum Gasteiger partial charge on any atom is 0.330 e. The molecule has 0 aliphatic carbocycles. The van der Waals surface area contributed by atoms with Gasteiger partial charge in [0.25, 0.3) is 0 Å². The lowest BCUT2D eigenvalue weighted by atomic mass is 10.1. The van der Waals surface area contributed by atoms with E-state index in [2.05, 4.69) is 32.1 Å². The Hall–Kier alpha value is -4.80. The number of aromatic nitrogens is 2. The van der Waals surface area contributed by atoms with Crippen molar-refractivity contribution >= 4 is 46.5 Å². The average Bonchev–Trinajstić information content (AvgIpc) is 2.96. The largest absolute Gasteiger partial charge is 0.508 e. The topological polar surface area (TPSA) is 123 Å². The SMILES string of the molecule is C=CC(=O)Nc1cc(N2CCCCC2)ccc1Nc1ncc2c(n1)N(C)C(=O)N(c1cc(O)cc(OC)c1)C2. The lowest BCUT2D eigenvalue weighted by molar-refractivity contribution is -0.111. The van der Waals surface area contributed by atoms with Crippen LogP contribution >= 0.6 is 0 Å². The van der Waals surface area contributed by atoms with Crippen molar-refractivity contribution in [1.82, 2.24) is 9.97 Å². The zero-order chi connectivity index (χ0) is 27.5. The number of benzene rings is 2. The number of fused-ring (bicyclic) bond motifs is 1. The van der Waals surface area contributed by atoms with Gasteiger partial charge in [0, 0.05) is 55.8 Å². The number of phenols is 1. The van der Waals surface area contributed by atoms with Crippen LogP contribution in [0.2, 0.25) is 0 Å². The Labute approximate surface area is 226 Å². The van der Waals surface area contributed by atoms with E-state index in [1.807, 2.05) is 18.2 Å². The number of ether oxygens (including phenoxy) is 1. The van der Waals surface area contributed by atoms with Crippen molar-refractivity contribution in [2.75, 3.05) is 52.6 Å². The molecule has 2 aromatic carbocycles. The Balaban J connectivity index is 1.42. The number of amides is 3. The molecule has 0 atom stereocenters. The van der Waals surface area contributed by atoms with Crippen LogP contribution in [0.3, 0.4) is 0 Å². The van der Waals surface area contributed by atoms with Gasteiger partial charge in [-0.2, -0.15) is 4.98 Å². The van der Waals surface area contributed by atoms with E-state index in [-0.39, 0.29) is 30.2 Å². The molecule has 11 heteroatoms. The van der Waals surface area contributed by atoms with E-state index in [0.29, 0.717) is 28.6 Å². The summed E-state index contributed by atoms with van der Waals surface area (Å²) in [6.45, 7) is 5.73. The van der Waals surface area contributed by atoms with E-state index in [0.717, 1.165) is 37.2 Å². The number of phenolic OH excluding ortho intramolecular Hbond substituents is 1. The normalized spacial score (nSPS) is 15.0.